The van der Waals surface area contributed by atoms with Crippen LogP contribution in [0, 0.1) is 6.92 Å². The molecular weight excluding hydrogens is 373 g/mol. The molecule has 0 aliphatic carbocycles. The third kappa shape index (κ3) is 4.94. The van der Waals surface area contributed by atoms with Crippen LogP contribution in [0.1, 0.15) is 38.9 Å². The number of alkyl halides is 3. The van der Waals surface area contributed by atoms with Crippen LogP contribution in [0.3, 0.4) is 0 Å². The zero-order chi connectivity index (χ0) is 19.5. The second-order valence-electron chi connectivity index (χ2n) is 5.37. The fraction of sp³-hybridized carbons (Fsp3) is 0.312. The molecule has 2 rings (SSSR count). The Kier molecular flexibility index (Phi) is 5.86. The van der Waals surface area contributed by atoms with Gasteiger partial charge in [0.15, 0.2) is 6.61 Å². The molecule has 0 spiro atoms. The number of hydrogen-bond acceptors (Lipinski definition) is 5. The number of amides is 1. The maximum Gasteiger partial charge on any atom is 0.416 e. The highest BCUT2D eigenvalue weighted by Gasteiger charge is 2.30. The summed E-state index contributed by atoms with van der Waals surface area (Å²) in [5.74, 6) is -1.48. The van der Waals surface area contributed by atoms with Crippen molar-refractivity contribution < 1.29 is 32.6 Å². The fourth-order valence-electron chi connectivity index (χ4n) is 2.03. The molecule has 1 aromatic carbocycles. The molecule has 0 saturated heterocycles. The molecule has 1 aromatic heterocycles. The van der Waals surface area contributed by atoms with E-state index < -0.39 is 36.3 Å². The molecule has 0 bridgehead atoms. The average Bonchev–Trinajstić information content (AvgIpc) is 2.95. The Morgan fingerprint density at radius 1 is 1.31 bits per heavy atom. The van der Waals surface area contributed by atoms with Crippen molar-refractivity contribution in [3.05, 3.63) is 45.4 Å². The maximum absolute atomic E-state index is 12.5. The van der Waals surface area contributed by atoms with Crippen molar-refractivity contribution >= 4 is 23.2 Å². The van der Waals surface area contributed by atoms with E-state index in [0.717, 1.165) is 35.6 Å². The standard InChI is InChI=1S/C16H15F3N2O4S/c1-8-13(15(23)24)26-14(21-8)9(2)20-12(22)7-25-11-5-3-10(4-6-11)16(17,18)19/h3-6,9H,7H2,1-2H3,(H,20,22)(H,23,24). The fourth-order valence-corrected chi connectivity index (χ4v) is 2.94. The van der Waals surface area contributed by atoms with Crippen LogP contribution >= 0.6 is 11.3 Å². The lowest BCUT2D eigenvalue weighted by Crippen LogP contribution is -2.31. The number of hydrogen-bond donors (Lipinski definition) is 2. The predicted molar refractivity (Wildman–Crippen MR) is 87.3 cm³/mol. The van der Waals surface area contributed by atoms with Crippen molar-refractivity contribution in [2.45, 2.75) is 26.1 Å². The molecule has 10 heteroatoms. The number of carboxylic acids is 1. The van der Waals surface area contributed by atoms with Gasteiger partial charge in [0.25, 0.3) is 5.91 Å². The first-order valence-electron chi connectivity index (χ1n) is 7.38. The van der Waals surface area contributed by atoms with E-state index >= 15 is 0 Å². The van der Waals surface area contributed by atoms with E-state index in [2.05, 4.69) is 10.3 Å². The summed E-state index contributed by atoms with van der Waals surface area (Å²) in [6, 6.07) is 3.45. The summed E-state index contributed by atoms with van der Waals surface area (Å²) < 4.78 is 42.6. The Balaban J connectivity index is 1.90. The summed E-state index contributed by atoms with van der Waals surface area (Å²) in [5, 5.41) is 12.0. The van der Waals surface area contributed by atoms with Crippen LogP contribution in [0.15, 0.2) is 24.3 Å². The van der Waals surface area contributed by atoms with Gasteiger partial charge in [-0.05, 0) is 38.1 Å². The molecule has 6 nitrogen and oxygen atoms in total. The van der Waals surface area contributed by atoms with Gasteiger partial charge in [-0.3, -0.25) is 4.79 Å². The highest BCUT2D eigenvalue weighted by molar-refractivity contribution is 7.13. The van der Waals surface area contributed by atoms with Gasteiger partial charge in [0.2, 0.25) is 0 Å². The molecule has 1 atom stereocenters. The normalized spacial score (nSPS) is 12.5. The van der Waals surface area contributed by atoms with E-state index in [0.29, 0.717) is 10.7 Å². The molecule has 26 heavy (non-hydrogen) atoms. The van der Waals surface area contributed by atoms with E-state index in [4.69, 9.17) is 9.84 Å². The van der Waals surface area contributed by atoms with Gasteiger partial charge in [-0.2, -0.15) is 13.2 Å². The molecule has 0 saturated carbocycles. The summed E-state index contributed by atoms with van der Waals surface area (Å²) in [6.45, 7) is 2.80. The van der Waals surface area contributed by atoms with Gasteiger partial charge in [0.05, 0.1) is 17.3 Å². The number of halogens is 3. The van der Waals surface area contributed by atoms with Crippen molar-refractivity contribution in [2.75, 3.05) is 6.61 Å². The lowest BCUT2D eigenvalue weighted by Gasteiger charge is -2.12. The van der Waals surface area contributed by atoms with Crippen LogP contribution in [0.4, 0.5) is 13.2 Å². The van der Waals surface area contributed by atoms with E-state index in [1.54, 1.807) is 13.8 Å². The molecule has 1 heterocycles. The first-order chi connectivity index (χ1) is 12.1. The molecule has 0 aliphatic rings. The molecular formula is C16H15F3N2O4S. The Labute approximate surface area is 150 Å². The zero-order valence-corrected chi connectivity index (χ0v) is 14.6. The summed E-state index contributed by atoms with van der Waals surface area (Å²) in [7, 11) is 0. The number of aromatic carboxylic acids is 1. The van der Waals surface area contributed by atoms with Crippen LogP contribution < -0.4 is 10.1 Å². The monoisotopic (exact) mass is 388 g/mol. The lowest BCUT2D eigenvalue weighted by molar-refractivity contribution is -0.137. The van der Waals surface area contributed by atoms with Crippen LogP contribution in [0.5, 0.6) is 5.75 Å². The number of nitrogens with zero attached hydrogens (tertiary/aromatic N) is 1. The molecule has 2 N–H and O–H groups in total. The third-order valence-electron chi connectivity index (χ3n) is 3.31. The third-order valence-corrected chi connectivity index (χ3v) is 4.64. The van der Waals surface area contributed by atoms with Crippen molar-refractivity contribution in [2.24, 2.45) is 0 Å². The Morgan fingerprint density at radius 3 is 2.42 bits per heavy atom. The van der Waals surface area contributed by atoms with E-state index in [1.807, 2.05) is 0 Å². The minimum atomic E-state index is -4.44. The number of carbonyl (C=O) groups is 2. The van der Waals surface area contributed by atoms with Crippen molar-refractivity contribution in [1.82, 2.24) is 10.3 Å². The first-order valence-corrected chi connectivity index (χ1v) is 8.19. The van der Waals surface area contributed by atoms with Gasteiger partial charge in [-0.25, -0.2) is 9.78 Å². The molecule has 140 valence electrons. The van der Waals surface area contributed by atoms with E-state index in [1.165, 1.54) is 0 Å². The first kappa shape index (κ1) is 19.7. The van der Waals surface area contributed by atoms with Crippen LogP contribution in [-0.4, -0.2) is 28.6 Å². The molecule has 1 unspecified atom stereocenters. The van der Waals surface area contributed by atoms with Crippen LogP contribution in [0.2, 0.25) is 0 Å². The van der Waals surface area contributed by atoms with Crippen molar-refractivity contribution in [3.8, 4) is 5.75 Å². The highest BCUT2D eigenvalue weighted by atomic mass is 32.1. The second kappa shape index (κ2) is 7.73. The Hall–Kier alpha value is -2.62. The van der Waals surface area contributed by atoms with Gasteiger partial charge in [-0.1, -0.05) is 0 Å². The van der Waals surface area contributed by atoms with Crippen molar-refractivity contribution in [3.63, 3.8) is 0 Å². The van der Waals surface area contributed by atoms with Crippen LogP contribution in [-0.2, 0) is 11.0 Å². The summed E-state index contributed by atoms with van der Waals surface area (Å²) in [6.07, 6.45) is -4.44. The summed E-state index contributed by atoms with van der Waals surface area (Å²) in [4.78, 5) is 27.1. The number of benzene rings is 1. The Morgan fingerprint density at radius 2 is 1.92 bits per heavy atom. The van der Waals surface area contributed by atoms with Crippen molar-refractivity contribution in [1.29, 1.82) is 0 Å². The summed E-state index contributed by atoms with van der Waals surface area (Å²) in [5.41, 5.74) is -0.448. The van der Waals surface area contributed by atoms with Gasteiger partial charge < -0.3 is 15.2 Å². The zero-order valence-electron chi connectivity index (χ0n) is 13.8. The number of nitrogens with one attached hydrogen (secondary N) is 1. The van der Waals surface area contributed by atoms with E-state index in [9.17, 15) is 22.8 Å². The predicted octanol–water partition coefficient (Wildman–Crippen LogP) is 3.42. The quantitative estimate of drug-likeness (QED) is 0.792. The molecule has 2 aromatic rings. The molecule has 0 radical (unpaired) electrons. The maximum atomic E-state index is 12.5. The molecule has 0 aliphatic heterocycles. The average molecular weight is 388 g/mol. The van der Waals surface area contributed by atoms with Gasteiger partial charge in [0.1, 0.15) is 15.6 Å². The van der Waals surface area contributed by atoms with Gasteiger partial charge in [-0.15, -0.1) is 11.3 Å². The highest BCUT2D eigenvalue weighted by Crippen LogP contribution is 2.30. The van der Waals surface area contributed by atoms with E-state index in [-0.39, 0.29) is 10.6 Å². The molecule has 0 fully saturated rings. The van der Waals surface area contributed by atoms with Crippen LogP contribution in [0.25, 0.3) is 0 Å². The number of carboxylic acid groups (broad SMARTS) is 1. The Bertz CT molecular complexity index is 803. The number of aromatic nitrogens is 1. The number of thiazole rings is 1. The summed E-state index contributed by atoms with van der Waals surface area (Å²) >= 11 is 0.963. The smallest absolute Gasteiger partial charge is 0.416 e. The number of rotatable bonds is 6. The number of aryl methyl sites for hydroxylation is 1. The largest absolute Gasteiger partial charge is 0.484 e. The minimum Gasteiger partial charge on any atom is -0.484 e. The number of ether oxygens (including phenoxy) is 1. The van der Waals surface area contributed by atoms with Gasteiger partial charge in [0, 0.05) is 0 Å². The second-order valence-corrected chi connectivity index (χ2v) is 6.40. The number of carbonyl (C=O) groups excluding carboxylic acids is 1. The topological polar surface area (TPSA) is 88.5 Å². The minimum absolute atomic E-state index is 0.0992. The van der Waals surface area contributed by atoms with Gasteiger partial charge >= 0.3 is 12.1 Å². The SMILES string of the molecule is Cc1nc(C(C)NC(=O)COc2ccc(C(F)(F)F)cc2)sc1C(=O)O. The lowest BCUT2D eigenvalue weighted by atomic mass is 10.2. The molecule has 1 amide bonds.